The van der Waals surface area contributed by atoms with E-state index in [1.807, 2.05) is 24.3 Å². The summed E-state index contributed by atoms with van der Waals surface area (Å²) in [7, 11) is 0. The molecule has 1 fully saturated rings. The van der Waals surface area contributed by atoms with Gasteiger partial charge in [-0.1, -0.05) is 30.3 Å². The first kappa shape index (κ1) is 10.7. The van der Waals surface area contributed by atoms with E-state index >= 15 is 0 Å². The van der Waals surface area contributed by atoms with Crippen LogP contribution in [0, 0.1) is 11.8 Å². The first-order valence-corrected chi connectivity index (χ1v) is 6.25. The molecule has 0 radical (unpaired) electrons. The number of benzene rings is 1. The number of fused-ring (bicyclic) bond motifs is 1. The van der Waals surface area contributed by atoms with E-state index in [4.69, 9.17) is 4.74 Å². The molecule has 4 heteroatoms. The smallest absolute Gasteiger partial charge is 0.318 e. The fourth-order valence-corrected chi connectivity index (χ4v) is 3.58. The lowest BCUT2D eigenvalue weighted by Gasteiger charge is -2.32. The second-order valence-electron chi connectivity index (χ2n) is 5.19. The topological polar surface area (TPSA) is 60.4 Å². The van der Waals surface area contributed by atoms with Crippen LogP contribution in [0.4, 0.5) is 0 Å². The maximum absolute atomic E-state index is 12.2. The molecule has 0 spiro atoms. The fourth-order valence-electron chi connectivity index (χ4n) is 3.58. The molecule has 4 aliphatic rings. The molecule has 5 rings (SSSR count). The van der Waals surface area contributed by atoms with Gasteiger partial charge < -0.3 is 4.74 Å². The Hall–Kier alpha value is -2.23. The monoisotopic (exact) mass is 254 g/mol. The zero-order chi connectivity index (χ0) is 13.1. The summed E-state index contributed by atoms with van der Waals surface area (Å²) in [5, 5.41) is 0. The second-order valence-corrected chi connectivity index (χ2v) is 5.19. The van der Waals surface area contributed by atoms with Crippen molar-refractivity contribution in [2.24, 2.45) is 11.8 Å². The molecule has 0 amide bonds. The maximum Gasteiger partial charge on any atom is 0.318 e. The summed E-state index contributed by atoms with van der Waals surface area (Å²) in [6, 6.07) is 7.52. The molecule has 1 aromatic rings. The molecule has 4 nitrogen and oxygen atoms in total. The van der Waals surface area contributed by atoms with Crippen LogP contribution in [-0.4, -0.2) is 17.7 Å². The number of hydrogen-bond acceptors (Lipinski definition) is 4. The third-order valence-electron chi connectivity index (χ3n) is 4.34. The van der Waals surface area contributed by atoms with Gasteiger partial charge in [-0.2, -0.15) is 0 Å². The fraction of sp³-hybridized carbons (Fsp3) is 0.267. The molecule has 1 saturated heterocycles. The van der Waals surface area contributed by atoms with Crippen LogP contribution in [0.3, 0.4) is 0 Å². The summed E-state index contributed by atoms with van der Waals surface area (Å²) in [4.78, 5) is 36.0. The van der Waals surface area contributed by atoms with Crippen molar-refractivity contribution in [3.05, 3.63) is 47.5 Å². The highest BCUT2D eigenvalue weighted by molar-refractivity contribution is 6.07. The molecule has 1 aliphatic heterocycles. The quantitative estimate of drug-likeness (QED) is 0.517. The minimum atomic E-state index is -0.658. The van der Waals surface area contributed by atoms with E-state index in [9.17, 15) is 14.4 Å². The molecule has 0 saturated carbocycles. The van der Waals surface area contributed by atoms with E-state index < -0.39 is 29.7 Å². The summed E-state index contributed by atoms with van der Waals surface area (Å²) >= 11 is 0. The van der Waals surface area contributed by atoms with Crippen molar-refractivity contribution in [1.82, 2.24) is 0 Å². The van der Waals surface area contributed by atoms with Crippen LogP contribution in [-0.2, 0) is 19.1 Å². The van der Waals surface area contributed by atoms with Crippen molar-refractivity contribution in [3.8, 4) is 0 Å². The largest absolute Gasteiger partial charge is 0.393 e. The SMILES string of the molecule is O=C1OC(=O)[C@H]2[C@@H]1[C@@H]1C(=O)C=C[C@H]2c2ccccc21. The number of hydrogen-bond donors (Lipinski definition) is 0. The molecular weight excluding hydrogens is 244 g/mol. The molecule has 1 aromatic carbocycles. The molecule has 0 N–H and O–H groups in total. The van der Waals surface area contributed by atoms with Crippen LogP contribution in [0.15, 0.2) is 36.4 Å². The van der Waals surface area contributed by atoms with Crippen molar-refractivity contribution < 1.29 is 19.1 Å². The van der Waals surface area contributed by atoms with Gasteiger partial charge in [0.25, 0.3) is 0 Å². The van der Waals surface area contributed by atoms with Crippen LogP contribution in [0.1, 0.15) is 23.0 Å². The minimum absolute atomic E-state index is 0.117. The normalized spacial score (nSPS) is 34.8. The Morgan fingerprint density at radius 1 is 0.895 bits per heavy atom. The Morgan fingerprint density at radius 3 is 2.37 bits per heavy atom. The summed E-state index contributed by atoms with van der Waals surface area (Å²) in [5.41, 5.74) is 1.82. The number of rotatable bonds is 0. The molecule has 1 heterocycles. The number of carbonyl (C=O) groups excluding carboxylic acids is 3. The maximum atomic E-state index is 12.2. The zero-order valence-corrected chi connectivity index (χ0v) is 9.91. The Kier molecular flexibility index (Phi) is 1.91. The lowest BCUT2D eigenvalue weighted by atomic mass is 9.65. The van der Waals surface area contributed by atoms with Crippen LogP contribution >= 0.6 is 0 Å². The standard InChI is InChI=1S/C15H10O4/c16-10-6-5-9-7-3-1-2-4-8(7)11(10)13-12(9)14(17)19-15(13)18/h1-6,9,11-13H/t9-,11-,12+,13-/m0/s1. The van der Waals surface area contributed by atoms with Crippen molar-refractivity contribution >= 4 is 17.7 Å². The number of ketones is 1. The molecule has 0 aromatic heterocycles. The Bertz CT molecular complexity index is 658. The number of esters is 2. The highest BCUT2D eigenvalue weighted by atomic mass is 16.6. The van der Waals surface area contributed by atoms with Crippen LogP contribution < -0.4 is 0 Å². The van der Waals surface area contributed by atoms with Gasteiger partial charge in [-0.25, -0.2) is 0 Å². The lowest BCUT2D eigenvalue weighted by molar-refractivity contribution is -0.154. The number of allylic oxidation sites excluding steroid dienone is 2. The number of carbonyl (C=O) groups is 3. The van der Waals surface area contributed by atoms with E-state index in [1.54, 1.807) is 6.08 Å². The van der Waals surface area contributed by atoms with E-state index in [2.05, 4.69) is 0 Å². The number of cyclic esters (lactones) is 2. The highest BCUT2D eigenvalue weighted by Gasteiger charge is 2.58. The summed E-state index contributed by atoms with van der Waals surface area (Å²) in [5.74, 6) is -3.19. The Morgan fingerprint density at radius 2 is 1.58 bits per heavy atom. The average Bonchev–Trinajstić information content (AvgIpc) is 2.57. The van der Waals surface area contributed by atoms with Crippen LogP contribution in [0.2, 0.25) is 0 Å². The van der Waals surface area contributed by atoms with Crippen LogP contribution in [0.25, 0.3) is 0 Å². The van der Waals surface area contributed by atoms with E-state index in [1.165, 1.54) is 6.08 Å². The van der Waals surface area contributed by atoms with Crippen molar-refractivity contribution in [1.29, 1.82) is 0 Å². The number of ether oxygens (including phenoxy) is 1. The molecule has 4 atom stereocenters. The molecule has 3 aliphatic carbocycles. The van der Waals surface area contributed by atoms with Crippen LogP contribution in [0.5, 0.6) is 0 Å². The second kappa shape index (κ2) is 3.41. The van der Waals surface area contributed by atoms with Gasteiger partial charge >= 0.3 is 11.9 Å². The van der Waals surface area contributed by atoms with Gasteiger partial charge in [0.1, 0.15) is 0 Å². The van der Waals surface area contributed by atoms with Gasteiger partial charge in [0, 0.05) is 5.92 Å². The van der Waals surface area contributed by atoms with Gasteiger partial charge in [0.15, 0.2) is 5.78 Å². The molecule has 19 heavy (non-hydrogen) atoms. The molecule has 94 valence electrons. The van der Waals surface area contributed by atoms with Gasteiger partial charge in [-0.3, -0.25) is 14.4 Å². The first-order chi connectivity index (χ1) is 9.18. The summed E-state index contributed by atoms with van der Waals surface area (Å²) in [6.07, 6.45) is 3.25. The Labute approximate surface area is 109 Å². The van der Waals surface area contributed by atoms with E-state index in [0.29, 0.717) is 0 Å². The third-order valence-corrected chi connectivity index (χ3v) is 4.34. The lowest BCUT2D eigenvalue weighted by Crippen LogP contribution is -2.35. The van der Waals surface area contributed by atoms with E-state index in [0.717, 1.165) is 11.1 Å². The van der Waals surface area contributed by atoms with Gasteiger partial charge in [0.05, 0.1) is 17.8 Å². The predicted molar refractivity (Wildman–Crippen MR) is 64.2 cm³/mol. The van der Waals surface area contributed by atoms with Crippen molar-refractivity contribution in [3.63, 3.8) is 0 Å². The first-order valence-electron chi connectivity index (χ1n) is 6.25. The highest BCUT2D eigenvalue weighted by Crippen LogP contribution is 2.52. The summed E-state index contributed by atoms with van der Waals surface area (Å²) in [6.45, 7) is 0. The average molecular weight is 254 g/mol. The van der Waals surface area contributed by atoms with Gasteiger partial charge in [-0.05, 0) is 17.2 Å². The zero-order valence-electron chi connectivity index (χ0n) is 9.91. The third kappa shape index (κ3) is 1.21. The van der Waals surface area contributed by atoms with Crippen molar-refractivity contribution in [2.45, 2.75) is 11.8 Å². The molecular formula is C15H10O4. The van der Waals surface area contributed by atoms with Gasteiger partial charge in [-0.15, -0.1) is 0 Å². The van der Waals surface area contributed by atoms with Crippen molar-refractivity contribution in [2.75, 3.05) is 0 Å². The summed E-state index contributed by atoms with van der Waals surface area (Å²) < 4.78 is 4.76. The molecule has 2 bridgehead atoms. The van der Waals surface area contributed by atoms with E-state index in [-0.39, 0.29) is 11.7 Å². The predicted octanol–water partition coefficient (Wildman–Crippen LogP) is 1.32. The minimum Gasteiger partial charge on any atom is -0.393 e. The van der Waals surface area contributed by atoms with Gasteiger partial charge in [0.2, 0.25) is 0 Å². The molecule has 0 unspecified atom stereocenters. The Balaban J connectivity index is 2.03.